The lowest BCUT2D eigenvalue weighted by atomic mass is 10.0. The molecule has 61 heavy (non-hydrogen) atoms. The number of nitrogens with zero attached hydrogens (tertiary/aromatic N) is 5. The number of hydrogen-bond donors (Lipinski definition) is 4. The van der Waals surface area contributed by atoms with Gasteiger partial charge in [0.2, 0.25) is 17.7 Å². The Kier molecular flexibility index (Phi) is 14.0. The summed E-state index contributed by atoms with van der Waals surface area (Å²) in [6, 6.07) is 20.9. The maximum absolute atomic E-state index is 13.7. The van der Waals surface area contributed by atoms with Gasteiger partial charge in [-0.25, -0.2) is 0 Å². The van der Waals surface area contributed by atoms with Crippen LogP contribution in [0, 0.1) is 6.92 Å². The first-order valence-corrected chi connectivity index (χ1v) is 20.9. The second-order valence-electron chi connectivity index (χ2n) is 15.3. The van der Waals surface area contributed by atoms with Crippen molar-refractivity contribution >= 4 is 58.8 Å². The van der Waals surface area contributed by atoms with E-state index in [2.05, 4.69) is 43.3 Å². The van der Waals surface area contributed by atoms with Gasteiger partial charge in [0.25, 0.3) is 11.8 Å². The number of hydrazone groups is 1. The highest BCUT2D eigenvalue weighted by Crippen LogP contribution is 2.31. The van der Waals surface area contributed by atoms with Crippen LogP contribution in [0.25, 0.3) is 0 Å². The van der Waals surface area contributed by atoms with Gasteiger partial charge in [-0.05, 0) is 61.2 Å². The fourth-order valence-corrected chi connectivity index (χ4v) is 7.45. The molecule has 3 aliphatic rings. The molecule has 4 heterocycles. The van der Waals surface area contributed by atoms with E-state index >= 15 is 0 Å². The summed E-state index contributed by atoms with van der Waals surface area (Å²) in [4.78, 5) is 76.7. The summed E-state index contributed by atoms with van der Waals surface area (Å²) < 4.78 is 12.1. The van der Waals surface area contributed by atoms with Crippen molar-refractivity contribution in [3.8, 4) is 6.01 Å². The van der Waals surface area contributed by atoms with Crippen LogP contribution in [0.3, 0.4) is 0 Å². The van der Waals surface area contributed by atoms with E-state index in [1.165, 1.54) is 12.5 Å². The van der Waals surface area contributed by atoms with Crippen LogP contribution in [0.4, 0.5) is 23.0 Å². The van der Waals surface area contributed by atoms with Crippen molar-refractivity contribution in [2.75, 3.05) is 47.3 Å². The average Bonchev–Trinajstić information content (AvgIpc) is 3.49. The van der Waals surface area contributed by atoms with E-state index in [0.29, 0.717) is 55.7 Å². The molecule has 3 aliphatic heterocycles. The van der Waals surface area contributed by atoms with E-state index in [-0.39, 0.29) is 42.3 Å². The fraction of sp³-hybridized carbons (Fsp3) is 0.378. The molecule has 3 aromatic carbocycles. The Balaban J connectivity index is 1.13. The maximum Gasteiger partial charge on any atom is 0.322 e. The molecular formula is C45H51N9O7. The van der Waals surface area contributed by atoms with E-state index in [1.807, 2.05) is 55.5 Å². The minimum absolute atomic E-state index is 0.0211. The molecule has 0 radical (unpaired) electrons. The molecule has 0 saturated carbocycles. The minimum Gasteiger partial charge on any atom is -0.439 e. The van der Waals surface area contributed by atoms with Gasteiger partial charge in [-0.15, -0.1) is 0 Å². The molecule has 2 fully saturated rings. The molecular weight excluding hydrogens is 779 g/mol. The Morgan fingerprint density at radius 1 is 0.934 bits per heavy atom. The summed E-state index contributed by atoms with van der Waals surface area (Å²) in [7, 11) is 0. The van der Waals surface area contributed by atoms with Gasteiger partial charge in [0.15, 0.2) is 12.0 Å². The number of ether oxygens (including phenoxy) is 2. The van der Waals surface area contributed by atoms with Gasteiger partial charge in [0.1, 0.15) is 11.9 Å². The summed E-state index contributed by atoms with van der Waals surface area (Å²) in [5, 5.41) is 13.0. The second-order valence-corrected chi connectivity index (χ2v) is 15.3. The molecule has 2 atom stereocenters. The second kappa shape index (κ2) is 20.1. The number of nitrogens with one attached hydrogen (secondary N) is 4. The van der Waals surface area contributed by atoms with E-state index in [9.17, 15) is 24.0 Å². The molecule has 0 bridgehead atoms. The Bertz CT molecular complexity index is 2280. The molecule has 0 spiro atoms. The van der Waals surface area contributed by atoms with Crippen molar-refractivity contribution in [1.29, 1.82) is 0 Å². The zero-order valence-corrected chi connectivity index (χ0v) is 34.4. The van der Waals surface area contributed by atoms with Gasteiger partial charge in [0, 0.05) is 49.8 Å². The third kappa shape index (κ3) is 11.1. The molecule has 1 aromatic heterocycles. The molecule has 7 rings (SSSR count). The Morgan fingerprint density at radius 3 is 2.48 bits per heavy atom. The zero-order chi connectivity index (χ0) is 42.7. The summed E-state index contributed by atoms with van der Waals surface area (Å²) in [6.07, 6.45) is 7.02. The molecule has 2 unspecified atom stereocenters. The van der Waals surface area contributed by atoms with Crippen LogP contribution < -0.4 is 31.0 Å². The van der Waals surface area contributed by atoms with Gasteiger partial charge in [-0.1, -0.05) is 74.6 Å². The van der Waals surface area contributed by atoms with Crippen LogP contribution in [0.1, 0.15) is 95.7 Å². The number of anilines is 4. The summed E-state index contributed by atoms with van der Waals surface area (Å²) in [6.45, 7) is 6.48. The van der Waals surface area contributed by atoms with Crippen LogP contribution in [0.15, 0.2) is 77.9 Å². The number of unbranched alkanes of at least 4 members (excludes halogenated alkanes) is 4. The van der Waals surface area contributed by atoms with Crippen molar-refractivity contribution in [2.24, 2.45) is 5.10 Å². The number of fused-ring (bicyclic) bond motifs is 1. The van der Waals surface area contributed by atoms with Crippen molar-refractivity contribution in [1.82, 2.24) is 20.2 Å². The lowest BCUT2D eigenvalue weighted by Gasteiger charge is -2.28. The SMILES string of the molecule is CCCCCCCC(=O)Nc1ccc(CC(Nc2ccc3c(c2)C(=O)N(C2CCC(=O)NC2=O)C3=O)Oc2nc(N/N=C/c3cccc(C)c3)cc(N3CCOCC3)n2)cc1. The normalized spacial score (nSPS) is 17.0. The van der Waals surface area contributed by atoms with E-state index in [4.69, 9.17) is 14.5 Å². The number of hydrogen-bond acceptors (Lipinski definition) is 13. The third-order valence-electron chi connectivity index (χ3n) is 10.6. The topological polar surface area (TPSA) is 197 Å². The van der Waals surface area contributed by atoms with Crippen molar-refractivity contribution in [3.05, 3.63) is 101 Å². The molecule has 0 aliphatic carbocycles. The third-order valence-corrected chi connectivity index (χ3v) is 10.6. The fourth-order valence-electron chi connectivity index (χ4n) is 7.45. The van der Waals surface area contributed by atoms with Gasteiger partial charge >= 0.3 is 6.01 Å². The number of benzene rings is 3. The predicted molar refractivity (Wildman–Crippen MR) is 231 cm³/mol. The molecule has 318 valence electrons. The highest BCUT2D eigenvalue weighted by atomic mass is 16.5. The molecule has 16 heteroatoms. The Morgan fingerprint density at radius 2 is 1.70 bits per heavy atom. The summed E-state index contributed by atoms with van der Waals surface area (Å²) in [5.41, 5.74) is 7.32. The smallest absolute Gasteiger partial charge is 0.322 e. The minimum atomic E-state index is -1.09. The number of aryl methyl sites for hydroxylation is 1. The van der Waals surface area contributed by atoms with E-state index in [0.717, 1.165) is 47.3 Å². The van der Waals surface area contributed by atoms with E-state index in [1.54, 1.807) is 24.4 Å². The molecule has 2 saturated heterocycles. The van der Waals surface area contributed by atoms with Crippen LogP contribution in [-0.2, 0) is 25.5 Å². The zero-order valence-electron chi connectivity index (χ0n) is 34.4. The predicted octanol–water partition coefficient (Wildman–Crippen LogP) is 5.83. The Hall–Kier alpha value is -6.68. The van der Waals surface area contributed by atoms with Gasteiger partial charge in [0.05, 0.1) is 30.6 Å². The van der Waals surface area contributed by atoms with Crippen molar-refractivity contribution in [3.63, 3.8) is 0 Å². The highest BCUT2D eigenvalue weighted by molar-refractivity contribution is 6.23. The van der Waals surface area contributed by atoms with Crippen LogP contribution in [0.2, 0.25) is 0 Å². The number of piperidine rings is 1. The van der Waals surface area contributed by atoms with Crippen LogP contribution in [0.5, 0.6) is 6.01 Å². The quantitative estimate of drug-likeness (QED) is 0.0309. The van der Waals surface area contributed by atoms with Gasteiger partial charge in [-0.2, -0.15) is 15.1 Å². The first kappa shape index (κ1) is 42.4. The van der Waals surface area contributed by atoms with Crippen LogP contribution >= 0.6 is 0 Å². The van der Waals surface area contributed by atoms with Gasteiger partial charge < -0.3 is 25.0 Å². The van der Waals surface area contributed by atoms with Gasteiger partial charge in [-0.3, -0.25) is 39.6 Å². The number of amides is 5. The first-order chi connectivity index (χ1) is 29.6. The molecule has 16 nitrogen and oxygen atoms in total. The maximum atomic E-state index is 13.7. The number of rotatable bonds is 18. The first-order valence-electron chi connectivity index (χ1n) is 20.9. The molecule has 5 amide bonds. The monoisotopic (exact) mass is 829 g/mol. The molecule has 4 aromatic rings. The largest absolute Gasteiger partial charge is 0.439 e. The lowest BCUT2D eigenvalue weighted by Crippen LogP contribution is -2.54. The van der Waals surface area contributed by atoms with Crippen molar-refractivity contribution in [2.45, 2.75) is 83.9 Å². The van der Waals surface area contributed by atoms with Crippen molar-refractivity contribution < 1.29 is 33.4 Å². The summed E-state index contributed by atoms with van der Waals surface area (Å²) >= 11 is 0. The number of aromatic nitrogens is 2. The number of carbonyl (C=O) groups excluding carboxylic acids is 5. The summed E-state index contributed by atoms with van der Waals surface area (Å²) in [5.74, 6) is -1.37. The van der Waals surface area contributed by atoms with E-state index < -0.39 is 35.9 Å². The lowest BCUT2D eigenvalue weighted by molar-refractivity contribution is -0.136. The number of imide groups is 2. The Labute approximate surface area is 354 Å². The number of morpholine rings is 1. The number of carbonyl (C=O) groups is 5. The highest BCUT2D eigenvalue weighted by Gasteiger charge is 2.44. The van der Waals surface area contributed by atoms with Crippen LogP contribution in [-0.4, -0.2) is 89.2 Å². The average molecular weight is 830 g/mol. The standard InChI is InChI=1S/C45H51N9O7/c1-3-4-5-6-7-11-39(55)47-32-14-12-30(13-15-32)25-41(48-33-16-17-34-35(26-33)44(59)54(43(34)58)36-18-19-40(56)51-42(36)57)61-45-49-37(27-38(50-45)53-20-22-60-23-21-53)52-46-28-31-10-8-9-29(2)24-31/h8-10,12-17,24,26-28,36,41,48H,3-7,11,18-23,25H2,1-2H3,(H,47,55)(H,49,50,52)(H,51,56,57)/b46-28+. The molecule has 4 N–H and O–H groups in total.